The number of benzene rings is 3. The highest BCUT2D eigenvalue weighted by Crippen LogP contribution is 2.36. The average molecular weight is 605 g/mol. The van der Waals surface area contributed by atoms with Gasteiger partial charge in [0.2, 0.25) is 0 Å². The molecule has 0 fully saturated rings. The maximum absolute atomic E-state index is 4.59. The Balaban J connectivity index is 1.56. The highest BCUT2D eigenvalue weighted by Gasteiger charge is 2.23. The number of hydrogen-bond acceptors (Lipinski definition) is 3. The molecule has 3 aromatic carbocycles. The fourth-order valence-electron chi connectivity index (χ4n) is 3.60. The van der Waals surface area contributed by atoms with Crippen molar-refractivity contribution in [3.8, 4) is 11.1 Å². The zero-order valence-corrected chi connectivity index (χ0v) is 20.2. The molecule has 0 spiro atoms. The summed E-state index contributed by atoms with van der Waals surface area (Å²) in [6, 6.07) is 25.4. The second-order valence-electron chi connectivity index (χ2n) is 6.74. The first-order chi connectivity index (χ1) is 14.3. The largest absolute Gasteiger partial charge is 0.370 e. The SMILES string of the molecule is ICCN(CCI)c1ccc(C=NN=C2c3ccccc3-c3ccccc32)cc1. The van der Waals surface area contributed by atoms with E-state index in [1.165, 1.54) is 16.8 Å². The van der Waals surface area contributed by atoms with Gasteiger partial charge >= 0.3 is 0 Å². The fraction of sp³-hybridized carbons (Fsp3) is 0.167. The molecular formula is C24H21I2N3. The van der Waals surface area contributed by atoms with E-state index in [0.29, 0.717) is 0 Å². The van der Waals surface area contributed by atoms with Gasteiger partial charge in [0.1, 0.15) is 5.71 Å². The number of hydrogen-bond donors (Lipinski definition) is 0. The predicted octanol–water partition coefficient (Wildman–Crippen LogP) is 6.21. The highest BCUT2D eigenvalue weighted by atomic mass is 127. The molecule has 1 aliphatic carbocycles. The van der Waals surface area contributed by atoms with E-state index in [9.17, 15) is 0 Å². The van der Waals surface area contributed by atoms with Crippen molar-refractivity contribution < 1.29 is 0 Å². The smallest absolute Gasteiger partial charge is 0.101 e. The number of halogens is 2. The van der Waals surface area contributed by atoms with Crippen molar-refractivity contribution in [2.24, 2.45) is 10.2 Å². The van der Waals surface area contributed by atoms with Gasteiger partial charge in [-0.2, -0.15) is 5.10 Å². The van der Waals surface area contributed by atoms with E-state index in [4.69, 9.17) is 0 Å². The molecule has 0 saturated heterocycles. The molecule has 0 atom stereocenters. The third kappa shape index (κ3) is 4.55. The summed E-state index contributed by atoms with van der Waals surface area (Å²) in [4.78, 5) is 2.42. The van der Waals surface area contributed by atoms with Crippen molar-refractivity contribution in [2.75, 3.05) is 26.8 Å². The minimum Gasteiger partial charge on any atom is -0.370 e. The molecule has 0 aromatic heterocycles. The molecule has 0 unspecified atom stereocenters. The van der Waals surface area contributed by atoms with Crippen LogP contribution in [0.4, 0.5) is 5.69 Å². The third-order valence-corrected chi connectivity index (χ3v) is 5.95. The van der Waals surface area contributed by atoms with Crippen LogP contribution in [0, 0.1) is 0 Å². The maximum Gasteiger partial charge on any atom is 0.101 e. The van der Waals surface area contributed by atoms with Crippen molar-refractivity contribution >= 4 is 62.8 Å². The van der Waals surface area contributed by atoms with Gasteiger partial charge in [-0.15, -0.1) is 5.10 Å². The first kappa shape index (κ1) is 20.5. The molecule has 3 nitrogen and oxygen atoms in total. The van der Waals surface area contributed by atoms with Gasteiger partial charge in [-0.1, -0.05) is 106 Å². The number of alkyl halides is 2. The average Bonchev–Trinajstić information content (AvgIpc) is 3.08. The van der Waals surface area contributed by atoms with Crippen LogP contribution in [0.1, 0.15) is 16.7 Å². The Bertz CT molecular complexity index is 989. The van der Waals surface area contributed by atoms with Crippen LogP contribution in [-0.4, -0.2) is 33.9 Å². The van der Waals surface area contributed by atoms with Gasteiger partial charge in [-0.3, -0.25) is 0 Å². The zero-order valence-electron chi connectivity index (χ0n) is 15.9. The maximum atomic E-state index is 4.59. The van der Waals surface area contributed by atoms with Gasteiger partial charge in [0.15, 0.2) is 0 Å². The molecule has 146 valence electrons. The lowest BCUT2D eigenvalue weighted by Crippen LogP contribution is -2.27. The van der Waals surface area contributed by atoms with E-state index in [1.807, 2.05) is 6.21 Å². The third-order valence-electron chi connectivity index (χ3n) is 4.99. The molecule has 0 bridgehead atoms. The summed E-state index contributed by atoms with van der Waals surface area (Å²) in [7, 11) is 0. The van der Waals surface area contributed by atoms with Crippen molar-refractivity contribution in [3.05, 3.63) is 89.5 Å². The molecule has 0 heterocycles. The van der Waals surface area contributed by atoms with Gasteiger partial charge < -0.3 is 4.90 Å². The lowest BCUT2D eigenvalue weighted by Gasteiger charge is -2.23. The first-order valence-corrected chi connectivity index (χ1v) is 12.6. The van der Waals surface area contributed by atoms with Crippen molar-refractivity contribution in [1.29, 1.82) is 0 Å². The van der Waals surface area contributed by atoms with Crippen LogP contribution in [0.3, 0.4) is 0 Å². The van der Waals surface area contributed by atoms with E-state index in [1.54, 1.807) is 0 Å². The van der Waals surface area contributed by atoms with Gasteiger partial charge in [-0.05, 0) is 28.8 Å². The summed E-state index contributed by atoms with van der Waals surface area (Å²) >= 11 is 4.87. The van der Waals surface area contributed by atoms with Crippen LogP contribution < -0.4 is 4.90 Å². The number of fused-ring (bicyclic) bond motifs is 3. The summed E-state index contributed by atoms with van der Waals surface area (Å²) in [5, 5.41) is 9.01. The van der Waals surface area contributed by atoms with Crippen LogP contribution in [0.25, 0.3) is 11.1 Å². The Labute approximate surface area is 199 Å². The van der Waals surface area contributed by atoms with E-state index in [0.717, 1.165) is 44.3 Å². The molecule has 1 aliphatic rings. The molecule has 3 aromatic rings. The topological polar surface area (TPSA) is 28.0 Å². The number of anilines is 1. The van der Waals surface area contributed by atoms with Gasteiger partial charge in [0, 0.05) is 38.8 Å². The minimum absolute atomic E-state index is 0.944. The Kier molecular flexibility index (Phi) is 6.97. The summed E-state index contributed by atoms with van der Waals surface area (Å²) in [6.45, 7) is 2.15. The molecule has 0 N–H and O–H groups in total. The van der Waals surface area contributed by atoms with E-state index in [-0.39, 0.29) is 0 Å². The first-order valence-electron chi connectivity index (χ1n) is 9.59. The van der Waals surface area contributed by atoms with Crippen LogP contribution in [-0.2, 0) is 0 Å². The highest BCUT2D eigenvalue weighted by molar-refractivity contribution is 14.1. The van der Waals surface area contributed by atoms with Crippen molar-refractivity contribution in [3.63, 3.8) is 0 Å². The lowest BCUT2D eigenvalue weighted by molar-refractivity contribution is 0.892. The predicted molar refractivity (Wildman–Crippen MR) is 142 cm³/mol. The summed E-state index contributed by atoms with van der Waals surface area (Å²) < 4.78 is 2.25. The van der Waals surface area contributed by atoms with Crippen LogP contribution in [0.2, 0.25) is 0 Å². The van der Waals surface area contributed by atoms with Crippen LogP contribution in [0.15, 0.2) is 83.0 Å². The molecule has 29 heavy (non-hydrogen) atoms. The summed E-state index contributed by atoms with van der Waals surface area (Å²) in [5.41, 5.74) is 8.02. The standard InChI is InChI=1S/C24H21I2N3/c25-13-15-29(16-14-26)19-11-9-18(10-12-19)17-27-28-24-22-7-3-1-5-20(22)21-6-2-4-8-23(21)24/h1-12,17H,13-16H2. The Morgan fingerprint density at radius 1 is 0.690 bits per heavy atom. The number of rotatable bonds is 7. The normalized spacial score (nSPS) is 12.1. The molecule has 0 aliphatic heterocycles. The van der Waals surface area contributed by atoms with Gasteiger partial charge in [0.05, 0.1) is 6.21 Å². The molecule has 0 amide bonds. The monoisotopic (exact) mass is 605 g/mol. The van der Waals surface area contributed by atoms with Crippen LogP contribution >= 0.6 is 45.2 Å². The van der Waals surface area contributed by atoms with E-state index in [2.05, 4.69) is 133 Å². The Morgan fingerprint density at radius 3 is 1.72 bits per heavy atom. The Morgan fingerprint density at radius 2 is 1.21 bits per heavy atom. The van der Waals surface area contributed by atoms with Crippen molar-refractivity contribution in [1.82, 2.24) is 0 Å². The minimum atomic E-state index is 0.944. The number of nitrogens with zero attached hydrogens (tertiary/aromatic N) is 3. The molecule has 0 radical (unpaired) electrons. The fourth-order valence-corrected chi connectivity index (χ4v) is 4.76. The van der Waals surface area contributed by atoms with E-state index < -0.39 is 0 Å². The Hall–Kier alpha value is -1.74. The second-order valence-corrected chi connectivity index (χ2v) is 8.90. The summed E-state index contributed by atoms with van der Waals surface area (Å²) in [5.74, 6) is 0. The second kappa shape index (κ2) is 9.84. The summed E-state index contributed by atoms with van der Waals surface area (Å²) in [6.07, 6.45) is 1.83. The molecular weight excluding hydrogens is 584 g/mol. The molecule has 5 heteroatoms. The van der Waals surface area contributed by atoms with Gasteiger partial charge in [-0.25, -0.2) is 0 Å². The quantitative estimate of drug-likeness (QED) is 0.107. The van der Waals surface area contributed by atoms with Gasteiger partial charge in [0.25, 0.3) is 0 Å². The van der Waals surface area contributed by atoms with Crippen LogP contribution in [0.5, 0.6) is 0 Å². The molecule has 0 saturated carbocycles. The zero-order chi connectivity index (χ0) is 20.1. The molecule has 4 rings (SSSR count). The van der Waals surface area contributed by atoms with Crippen molar-refractivity contribution in [2.45, 2.75) is 0 Å². The van der Waals surface area contributed by atoms with E-state index >= 15 is 0 Å². The lowest BCUT2D eigenvalue weighted by atomic mass is 10.1.